The number of guanidine groups is 1. The molecule has 3 heterocycles. The molecule has 1 aliphatic heterocycles. The van der Waals surface area contributed by atoms with E-state index in [9.17, 15) is 0 Å². The molecule has 0 radical (unpaired) electrons. The van der Waals surface area contributed by atoms with Crippen molar-refractivity contribution in [3.05, 3.63) is 34.1 Å². The Kier molecular flexibility index (Phi) is 6.62. The average molecular weight is 377 g/mol. The Hall–Kier alpha value is -1.93. The number of hydrogen-bond acceptors (Lipinski definition) is 6. The molecule has 1 saturated heterocycles. The Morgan fingerprint density at radius 1 is 1.35 bits per heavy atom. The first-order chi connectivity index (χ1) is 12.7. The second kappa shape index (κ2) is 9.14. The second-order valence-corrected chi connectivity index (χ2v) is 7.80. The lowest BCUT2D eigenvalue weighted by Crippen LogP contribution is -2.52. The van der Waals surface area contributed by atoms with Crippen molar-refractivity contribution < 1.29 is 4.52 Å². The molecule has 8 heteroatoms. The molecule has 7 nitrogen and oxygen atoms in total. The quantitative estimate of drug-likeness (QED) is 0.616. The third-order valence-corrected chi connectivity index (χ3v) is 5.33. The first-order valence-corrected chi connectivity index (χ1v) is 10.1. The summed E-state index contributed by atoms with van der Waals surface area (Å²) in [6.07, 6.45) is 0.705. The van der Waals surface area contributed by atoms with Crippen LogP contribution in [-0.2, 0) is 13.0 Å². The lowest BCUT2D eigenvalue weighted by Gasteiger charge is -2.36. The van der Waals surface area contributed by atoms with E-state index in [1.54, 1.807) is 0 Å². The van der Waals surface area contributed by atoms with E-state index in [-0.39, 0.29) is 0 Å². The van der Waals surface area contributed by atoms with Gasteiger partial charge in [-0.25, -0.2) is 0 Å². The van der Waals surface area contributed by atoms with Gasteiger partial charge in [-0.1, -0.05) is 25.1 Å². The van der Waals surface area contributed by atoms with Gasteiger partial charge in [-0.3, -0.25) is 9.89 Å². The van der Waals surface area contributed by atoms with Crippen molar-refractivity contribution in [2.75, 3.05) is 39.8 Å². The van der Waals surface area contributed by atoms with Crippen molar-refractivity contribution >= 4 is 17.3 Å². The number of aromatic nitrogens is 2. The van der Waals surface area contributed by atoms with Gasteiger partial charge in [0.2, 0.25) is 5.89 Å². The number of rotatable bonds is 6. The first kappa shape index (κ1) is 18.8. The fourth-order valence-corrected chi connectivity index (χ4v) is 3.70. The number of hydrogen-bond donors (Lipinski definition) is 1. The number of aliphatic imine (C=N–C) groups is 1. The van der Waals surface area contributed by atoms with E-state index in [1.165, 1.54) is 4.88 Å². The fraction of sp³-hybridized carbons (Fsp3) is 0.611. The van der Waals surface area contributed by atoms with Crippen LogP contribution >= 0.6 is 11.3 Å². The smallest absolute Gasteiger partial charge is 0.228 e. The summed E-state index contributed by atoms with van der Waals surface area (Å²) in [4.78, 5) is 15.1. The number of nitrogens with one attached hydrogen (secondary N) is 1. The SMILES string of the molecule is CN=C(NCCc1nc(C(C)C)no1)N1CCN(Cc2cccs2)CC1. The monoisotopic (exact) mass is 376 g/mol. The topological polar surface area (TPSA) is 69.8 Å². The minimum absolute atomic E-state index is 0.290. The van der Waals surface area contributed by atoms with Crippen molar-refractivity contribution in [2.45, 2.75) is 32.7 Å². The van der Waals surface area contributed by atoms with Gasteiger partial charge < -0.3 is 14.7 Å². The zero-order valence-electron chi connectivity index (χ0n) is 15.8. The van der Waals surface area contributed by atoms with Crippen LogP contribution < -0.4 is 5.32 Å². The molecule has 0 bridgehead atoms. The molecular formula is C18H28N6OS. The van der Waals surface area contributed by atoms with Crippen molar-refractivity contribution in [1.82, 2.24) is 25.3 Å². The van der Waals surface area contributed by atoms with Crippen molar-refractivity contribution in [2.24, 2.45) is 4.99 Å². The molecule has 142 valence electrons. The highest BCUT2D eigenvalue weighted by atomic mass is 32.1. The molecule has 2 aromatic heterocycles. The predicted molar refractivity (Wildman–Crippen MR) is 105 cm³/mol. The third-order valence-electron chi connectivity index (χ3n) is 4.47. The van der Waals surface area contributed by atoms with E-state index in [0.717, 1.165) is 51.1 Å². The molecule has 0 atom stereocenters. The Balaban J connectivity index is 1.41. The van der Waals surface area contributed by atoms with Crippen LogP contribution in [0.2, 0.25) is 0 Å². The average Bonchev–Trinajstić information content (AvgIpc) is 3.32. The molecule has 3 rings (SSSR count). The van der Waals surface area contributed by atoms with Crippen LogP contribution in [0, 0.1) is 0 Å². The molecule has 2 aromatic rings. The molecule has 0 saturated carbocycles. The third kappa shape index (κ3) is 5.04. The van der Waals surface area contributed by atoms with Crippen LogP contribution in [0.5, 0.6) is 0 Å². The van der Waals surface area contributed by atoms with E-state index in [0.29, 0.717) is 18.2 Å². The Morgan fingerprint density at radius 3 is 2.77 bits per heavy atom. The van der Waals surface area contributed by atoms with Gasteiger partial charge in [0.1, 0.15) is 0 Å². The highest BCUT2D eigenvalue weighted by molar-refractivity contribution is 7.09. The summed E-state index contributed by atoms with van der Waals surface area (Å²) in [7, 11) is 1.84. The molecule has 0 aliphatic carbocycles. The fourth-order valence-electron chi connectivity index (χ4n) is 2.96. The highest BCUT2D eigenvalue weighted by Gasteiger charge is 2.20. The lowest BCUT2D eigenvalue weighted by molar-refractivity contribution is 0.174. The highest BCUT2D eigenvalue weighted by Crippen LogP contribution is 2.13. The molecule has 1 aliphatic rings. The Labute approximate surface area is 159 Å². The maximum Gasteiger partial charge on any atom is 0.228 e. The summed E-state index contributed by atoms with van der Waals surface area (Å²) in [5, 5.41) is 9.56. The van der Waals surface area contributed by atoms with Crippen LogP contribution in [0.3, 0.4) is 0 Å². The summed E-state index contributed by atoms with van der Waals surface area (Å²) in [6, 6.07) is 4.33. The van der Waals surface area contributed by atoms with Crippen LogP contribution in [0.15, 0.2) is 27.0 Å². The number of nitrogens with zero attached hydrogens (tertiary/aromatic N) is 5. The maximum atomic E-state index is 5.29. The summed E-state index contributed by atoms with van der Waals surface area (Å²) >= 11 is 1.83. The largest absolute Gasteiger partial charge is 0.356 e. The normalized spacial score (nSPS) is 16.5. The van der Waals surface area contributed by atoms with E-state index < -0.39 is 0 Å². The van der Waals surface area contributed by atoms with Gasteiger partial charge in [0.05, 0.1) is 0 Å². The van der Waals surface area contributed by atoms with Gasteiger partial charge in [0.25, 0.3) is 0 Å². The van der Waals surface area contributed by atoms with Crippen LogP contribution in [0.4, 0.5) is 0 Å². The zero-order chi connectivity index (χ0) is 18.4. The molecule has 1 fully saturated rings. The van der Waals surface area contributed by atoms with Crippen molar-refractivity contribution in [3.8, 4) is 0 Å². The predicted octanol–water partition coefficient (Wildman–Crippen LogP) is 2.19. The van der Waals surface area contributed by atoms with Crippen molar-refractivity contribution in [1.29, 1.82) is 0 Å². The molecular weight excluding hydrogens is 348 g/mol. The second-order valence-electron chi connectivity index (χ2n) is 6.77. The molecule has 0 aromatic carbocycles. The van der Waals surface area contributed by atoms with Crippen molar-refractivity contribution in [3.63, 3.8) is 0 Å². The minimum Gasteiger partial charge on any atom is -0.356 e. The molecule has 0 spiro atoms. The van der Waals surface area contributed by atoms with Gasteiger partial charge in [0, 0.05) is 63.5 Å². The van der Waals surface area contributed by atoms with E-state index in [4.69, 9.17) is 4.52 Å². The number of piperazine rings is 1. The first-order valence-electron chi connectivity index (χ1n) is 9.18. The van der Waals surface area contributed by atoms with E-state index >= 15 is 0 Å². The maximum absolute atomic E-state index is 5.29. The summed E-state index contributed by atoms with van der Waals surface area (Å²) in [6.45, 7) is 10.0. The number of thiophene rings is 1. The van der Waals surface area contributed by atoms with Gasteiger partial charge in [-0.2, -0.15) is 4.98 Å². The van der Waals surface area contributed by atoms with Gasteiger partial charge in [-0.05, 0) is 11.4 Å². The van der Waals surface area contributed by atoms with Gasteiger partial charge in [-0.15, -0.1) is 11.3 Å². The van der Waals surface area contributed by atoms with Crippen LogP contribution in [-0.4, -0.2) is 65.7 Å². The summed E-state index contributed by atoms with van der Waals surface area (Å²) in [5.74, 6) is 2.69. The minimum atomic E-state index is 0.290. The zero-order valence-corrected chi connectivity index (χ0v) is 16.6. The molecule has 0 amide bonds. The van der Waals surface area contributed by atoms with Gasteiger partial charge in [0.15, 0.2) is 11.8 Å². The summed E-state index contributed by atoms with van der Waals surface area (Å²) < 4.78 is 5.29. The Morgan fingerprint density at radius 2 is 2.15 bits per heavy atom. The standard InChI is InChI=1S/C18H28N6OS/c1-14(2)17-21-16(25-22-17)6-7-20-18(19-3)24-10-8-23(9-11-24)13-15-5-4-12-26-15/h4-5,12,14H,6-11,13H2,1-3H3,(H,19,20). The summed E-state index contributed by atoms with van der Waals surface area (Å²) in [5.41, 5.74) is 0. The van der Waals surface area contributed by atoms with E-state index in [1.807, 2.05) is 18.4 Å². The van der Waals surface area contributed by atoms with E-state index in [2.05, 4.69) is 61.6 Å². The molecule has 26 heavy (non-hydrogen) atoms. The molecule has 1 N–H and O–H groups in total. The van der Waals surface area contributed by atoms with Crippen LogP contribution in [0.25, 0.3) is 0 Å². The van der Waals surface area contributed by atoms with Gasteiger partial charge >= 0.3 is 0 Å². The molecule has 0 unspecified atom stereocenters. The Bertz CT molecular complexity index is 688. The lowest BCUT2D eigenvalue weighted by atomic mass is 10.2. The van der Waals surface area contributed by atoms with Crippen LogP contribution in [0.1, 0.15) is 36.4 Å².